The first-order chi connectivity index (χ1) is 13.2. The van der Waals surface area contributed by atoms with Crippen molar-refractivity contribution < 1.29 is 9.90 Å². The van der Waals surface area contributed by atoms with Gasteiger partial charge in [-0.1, -0.05) is 24.3 Å². The van der Waals surface area contributed by atoms with Crippen molar-refractivity contribution in [2.75, 3.05) is 18.0 Å². The Balaban J connectivity index is 1.49. The van der Waals surface area contributed by atoms with Crippen molar-refractivity contribution in [1.29, 1.82) is 0 Å². The number of carbonyl (C=O) groups is 1. The lowest BCUT2D eigenvalue weighted by Gasteiger charge is -2.28. The molecule has 0 spiro atoms. The number of aromatic amines is 1. The molecule has 1 aromatic heterocycles. The zero-order valence-corrected chi connectivity index (χ0v) is 15.2. The number of carboxylic acid groups (broad SMARTS) is 1. The second-order valence-electron chi connectivity index (χ2n) is 7.02. The molecule has 1 saturated heterocycles. The number of nitrogens with one attached hydrogen (secondary N) is 1. The molecule has 5 heteroatoms. The predicted molar refractivity (Wildman–Crippen MR) is 108 cm³/mol. The van der Waals surface area contributed by atoms with E-state index in [0.29, 0.717) is 0 Å². The lowest BCUT2D eigenvalue weighted by atomic mass is 10.1. The van der Waals surface area contributed by atoms with Crippen molar-refractivity contribution >= 4 is 28.8 Å². The average molecular weight is 361 g/mol. The molecule has 3 aromatic rings. The van der Waals surface area contributed by atoms with E-state index in [1.165, 1.54) is 24.9 Å². The fourth-order valence-electron chi connectivity index (χ4n) is 3.59. The molecule has 2 aromatic carbocycles. The highest BCUT2D eigenvalue weighted by atomic mass is 16.4. The number of aromatic nitrogens is 2. The van der Waals surface area contributed by atoms with E-state index in [2.05, 4.69) is 28.1 Å². The summed E-state index contributed by atoms with van der Waals surface area (Å²) in [5, 5.41) is 8.69. The minimum atomic E-state index is -0.940. The van der Waals surface area contributed by atoms with Gasteiger partial charge in [0.05, 0.1) is 11.0 Å². The molecule has 1 aliphatic rings. The van der Waals surface area contributed by atoms with Crippen molar-refractivity contribution in [2.24, 2.45) is 0 Å². The fourth-order valence-corrected chi connectivity index (χ4v) is 3.59. The third-order valence-electron chi connectivity index (χ3n) is 5.01. The summed E-state index contributed by atoms with van der Waals surface area (Å²) in [6, 6.07) is 14.3. The van der Waals surface area contributed by atoms with Crippen molar-refractivity contribution in [3.8, 4) is 0 Å². The van der Waals surface area contributed by atoms with Gasteiger partial charge in [-0.2, -0.15) is 0 Å². The number of hydrogen-bond donors (Lipinski definition) is 2. The molecule has 5 nitrogen and oxygen atoms in total. The van der Waals surface area contributed by atoms with Crippen LogP contribution < -0.4 is 4.90 Å². The summed E-state index contributed by atoms with van der Waals surface area (Å²) in [7, 11) is 0. The Morgan fingerprint density at radius 1 is 1.11 bits per heavy atom. The van der Waals surface area contributed by atoms with E-state index < -0.39 is 5.97 Å². The van der Waals surface area contributed by atoms with Gasteiger partial charge in [-0.05, 0) is 54.7 Å². The van der Waals surface area contributed by atoms with Crippen LogP contribution in [0, 0.1) is 0 Å². The summed E-state index contributed by atoms with van der Waals surface area (Å²) in [5.74, 6) is -0.0000955. The summed E-state index contributed by atoms with van der Waals surface area (Å²) in [4.78, 5) is 21.2. The number of benzene rings is 2. The summed E-state index contributed by atoms with van der Waals surface area (Å²) in [6.07, 6.45) is 7.33. The SMILES string of the molecule is O=C(O)C=Cc1ccc(Cc2nc3ccc(N4CCCCC4)cc3[nH]2)cc1. The second kappa shape index (κ2) is 7.66. The van der Waals surface area contributed by atoms with E-state index in [-0.39, 0.29) is 0 Å². The highest BCUT2D eigenvalue weighted by Gasteiger charge is 2.12. The Morgan fingerprint density at radius 3 is 2.63 bits per heavy atom. The van der Waals surface area contributed by atoms with Crippen LogP contribution in [-0.2, 0) is 11.2 Å². The third kappa shape index (κ3) is 4.19. The number of anilines is 1. The van der Waals surface area contributed by atoms with E-state index in [9.17, 15) is 4.79 Å². The first kappa shape index (κ1) is 17.3. The molecule has 0 unspecified atom stereocenters. The highest BCUT2D eigenvalue weighted by molar-refractivity contribution is 5.85. The quantitative estimate of drug-likeness (QED) is 0.667. The molecule has 1 fully saturated rings. The zero-order chi connectivity index (χ0) is 18.6. The normalized spacial score (nSPS) is 14.9. The Bertz CT molecular complexity index is 967. The largest absolute Gasteiger partial charge is 0.478 e. The molecular weight excluding hydrogens is 338 g/mol. The molecule has 138 valence electrons. The summed E-state index contributed by atoms with van der Waals surface area (Å²) < 4.78 is 0. The number of H-pyrrole nitrogens is 1. The standard InChI is InChI=1S/C22H23N3O2/c26-22(27)11-8-16-4-6-17(7-5-16)14-21-23-19-10-9-18(15-20(19)24-21)25-12-2-1-3-13-25/h4-11,15H,1-3,12-14H2,(H,23,24)(H,26,27). The van der Waals surface area contributed by atoms with Gasteiger partial charge in [0.15, 0.2) is 0 Å². The van der Waals surface area contributed by atoms with Gasteiger partial charge in [0.1, 0.15) is 5.82 Å². The minimum Gasteiger partial charge on any atom is -0.478 e. The maximum Gasteiger partial charge on any atom is 0.328 e. The molecule has 0 aliphatic carbocycles. The van der Waals surface area contributed by atoms with Crippen LogP contribution >= 0.6 is 0 Å². The number of fused-ring (bicyclic) bond motifs is 1. The summed E-state index contributed by atoms with van der Waals surface area (Å²) in [6.45, 7) is 2.27. The van der Waals surface area contributed by atoms with Crippen LogP contribution in [0.1, 0.15) is 36.2 Å². The maximum absolute atomic E-state index is 10.6. The average Bonchev–Trinajstić information content (AvgIpc) is 3.09. The Kier molecular flexibility index (Phi) is 4.92. The molecule has 2 N–H and O–H groups in total. The summed E-state index contributed by atoms with van der Waals surface area (Å²) >= 11 is 0. The van der Waals surface area contributed by atoms with Gasteiger partial charge in [-0.25, -0.2) is 9.78 Å². The van der Waals surface area contributed by atoms with Gasteiger partial charge in [0, 0.05) is 31.3 Å². The van der Waals surface area contributed by atoms with E-state index in [4.69, 9.17) is 10.1 Å². The molecule has 0 saturated carbocycles. The van der Waals surface area contributed by atoms with Gasteiger partial charge in [-0.3, -0.25) is 0 Å². The monoisotopic (exact) mass is 361 g/mol. The van der Waals surface area contributed by atoms with Crippen LogP contribution in [0.2, 0.25) is 0 Å². The Hall–Kier alpha value is -3.08. The predicted octanol–water partition coefficient (Wildman–Crippen LogP) is 4.24. The van der Waals surface area contributed by atoms with Gasteiger partial charge in [0.2, 0.25) is 0 Å². The van der Waals surface area contributed by atoms with Crippen LogP contribution in [0.25, 0.3) is 17.1 Å². The number of carboxylic acids is 1. The lowest BCUT2D eigenvalue weighted by Crippen LogP contribution is -2.29. The van der Waals surface area contributed by atoms with Crippen LogP contribution in [0.5, 0.6) is 0 Å². The van der Waals surface area contributed by atoms with Crippen LogP contribution in [-0.4, -0.2) is 34.1 Å². The van der Waals surface area contributed by atoms with E-state index in [1.807, 2.05) is 24.3 Å². The maximum atomic E-state index is 10.6. The number of hydrogen-bond acceptors (Lipinski definition) is 3. The van der Waals surface area contributed by atoms with Crippen LogP contribution in [0.15, 0.2) is 48.5 Å². The second-order valence-corrected chi connectivity index (χ2v) is 7.02. The molecule has 0 radical (unpaired) electrons. The van der Waals surface area contributed by atoms with E-state index in [1.54, 1.807) is 6.08 Å². The van der Waals surface area contributed by atoms with Crippen molar-refractivity contribution in [3.05, 3.63) is 65.5 Å². The van der Waals surface area contributed by atoms with Crippen molar-refractivity contribution in [1.82, 2.24) is 9.97 Å². The molecular formula is C22H23N3O2. The van der Waals surface area contributed by atoms with Gasteiger partial charge in [-0.15, -0.1) is 0 Å². The van der Waals surface area contributed by atoms with Gasteiger partial charge in [0.25, 0.3) is 0 Å². The topological polar surface area (TPSA) is 69.2 Å². The van der Waals surface area contributed by atoms with Gasteiger partial charge < -0.3 is 15.0 Å². The number of rotatable bonds is 5. The van der Waals surface area contributed by atoms with Crippen LogP contribution in [0.4, 0.5) is 5.69 Å². The number of piperidine rings is 1. The third-order valence-corrected chi connectivity index (χ3v) is 5.01. The molecule has 0 bridgehead atoms. The number of nitrogens with zero attached hydrogens (tertiary/aromatic N) is 2. The first-order valence-corrected chi connectivity index (χ1v) is 9.41. The molecule has 0 atom stereocenters. The van der Waals surface area contributed by atoms with E-state index >= 15 is 0 Å². The van der Waals surface area contributed by atoms with Crippen LogP contribution in [0.3, 0.4) is 0 Å². The first-order valence-electron chi connectivity index (χ1n) is 9.41. The smallest absolute Gasteiger partial charge is 0.328 e. The highest BCUT2D eigenvalue weighted by Crippen LogP contribution is 2.24. The number of imidazole rings is 1. The fraction of sp³-hybridized carbons (Fsp3) is 0.273. The molecule has 27 heavy (non-hydrogen) atoms. The molecule has 0 amide bonds. The van der Waals surface area contributed by atoms with Crippen molar-refractivity contribution in [3.63, 3.8) is 0 Å². The van der Waals surface area contributed by atoms with Gasteiger partial charge >= 0.3 is 5.97 Å². The van der Waals surface area contributed by atoms with Crippen molar-refractivity contribution in [2.45, 2.75) is 25.7 Å². The zero-order valence-electron chi connectivity index (χ0n) is 15.2. The Morgan fingerprint density at radius 2 is 1.89 bits per heavy atom. The minimum absolute atomic E-state index is 0.719. The lowest BCUT2D eigenvalue weighted by molar-refractivity contribution is -0.131. The molecule has 2 heterocycles. The summed E-state index contributed by atoms with van der Waals surface area (Å²) in [5.41, 5.74) is 5.35. The number of aliphatic carboxylic acids is 1. The molecule has 1 aliphatic heterocycles. The molecule has 4 rings (SSSR count). The Labute approximate surface area is 158 Å². The van der Waals surface area contributed by atoms with E-state index in [0.717, 1.165) is 53.6 Å².